The summed E-state index contributed by atoms with van der Waals surface area (Å²) in [5.74, 6) is -0.284. The SMILES string of the molecule is CC1(C)COC1C1(CCc2ccccc2)CCN(Cc2ccc(CC(N)=O)cc2)C1. The maximum Gasteiger partial charge on any atom is 0.221 e. The molecule has 160 valence electrons. The van der Waals surface area contributed by atoms with Gasteiger partial charge in [0.1, 0.15) is 0 Å². The summed E-state index contributed by atoms with van der Waals surface area (Å²) in [4.78, 5) is 13.7. The fourth-order valence-corrected chi connectivity index (χ4v) is 5.43. The Morgan fingerprint density at radius 3 is 2.37 bits per heavy atom. The summed E-state index contributed by atoms with van der Waals surface area (Å²) in [5, 5.41) is 0. The molecule has 0 spiro atoms. The lowest BCUT2D eigenvalue weighted by molar-refractivity contribution is -0.223. The summed E-state index contributed by atoms with van der Waals surface area (Å²) in [6.45, 7) is 8.70. The van der Waals surface area contributed by atoms with E-state index in [9.17, 15) is 4.79 Å². The third-order valence-corrected chi connectivity index (χ3v) is 6.91. The fraction of sp³-hybridized carbons (Fsp3) is 0.500. The molecule has 2 fully saturated rings. The van der Waals surface area contributed by atoms with E-state index < -0.39 is 0 Å². The Bertz CT molecular complexity index is 862. The second-order valence-corrected chi connectivity index (χ2v) is 9.95. The van der Waals surface area contributed by atoms with Crippen LogP contribution < -0.4 is 5.73 Å². The molecule has 4 rings (SSSR count). The van der Waals surface area contributed by atoms with Crippen LogP contribution in [0.1, 0.15) is 43.4 Å². The number of rotatable bonds is 8. The van der Waals surface area contributed by atoms with Crippen LogP contribution in [-0.4, -0.2) is 36.6 Å². The number of hydrogen-bond donors (Lipinski definition) is 1. The number of nitrogens with zero attached hydrogens (tertiary/aromatic N) is 1. The first-order valence-corrected chi connectivity index (χ1v) is 11.1. The van der Waals surface area contributed by atoms with Crippen LogP contribution in [0.25, 0.3) is 0 Å². The number of carbonyl (C=O) groups excluding carboxylic acids is 1. The van der Waals surface area contributed by atoms with E-state index in [2.05, 4.69) is 61.2 Å². The molecule has 0 radical (unpaired) electrons. The monoisotopic (exact) mass is 406 g/mol. The van der Waals surface area contributed by atoms with E-state index in [4.69, 9.17) is 10.5 Å². The maximum atomic E-state index is 11.1. The predicted octanol–water partition coefficient (Wildman–Crippen LogP) is 3.96. The first-order chi connectivity index (χ1) is 14.4. The molecule has 4 nitrogen and oxygen atoms in total. The quantitative estimate of drug-likeness (QED) is 0.722. The molecular weight excluding hydrogens is 372 g/mol. The van der Waals surface area contributed by atoms with Crippen molar-refractivity contribution in [1.82, 2.24) is 4.90 Å². The Kier molecular flexibility index (Phi) is 5.99. The molecule has 30 heavy (non-hydrogen) atoms. The highest BCUT2D eigenvalue weighted by Crippen LogP contribution is 2.51. The molecule has 0 aromatic heterocycles. The molecule has 2 heterocycles. The van der Waals surface area contributed by atoms with Crippen LogP contribution in [0.5, 0.6) is 0 Å². The van der Waals surface area contributed by atoms with Crippen LogP contribution in [0.2, 0.25) is 0 Å². The molecule has 2 aliphatic heterocycles. The predicted molar refractivity (Wildman–Crippen MR) is 120 cm³/mol. The average molecular weight is 407 g/mol. The summed E-state index contributed by atoms with van der Waals surface area (Å²) in [6, 6.07) is 19.1. The third-order valence-electron chi connectivity index (χ3n) is 6.91. The highest BCUT2D eigenvalue weighted by atomic mass is 16.5. The third kappa shape index (κ3) is 4.60. The summed E-state index contributed by atoms with van der Waals surface area (Å²) in [7, 11) is 0. The largest absolute Gasteiger partial charge is 0.376 e. The van der Waals surface area contributed by atoms with Crippen molar-refractivity contribution in [2.24, 2.45) is 16.6 Å². The lowest BCUT2D eigenvalue weighted by atomic mass is 9.64. The normalized spacial score (nSPS) is 25.7. The number of ether oxygens (including phenoxy) is 1. The van der Waals surface area contributed by atoms with Crippen molar-refractivity contribution in [2.75, 3.05) is 19.7 Å². The number of nitrogens with two attached hydrogens (primary N) is 1. The number of hydrogen-bond acceptors (Lipinski definition) is 3. The van der Waals surface area contributed by atoms with Gasteiger partial charge in [0.25, 0.3) is 0 Å². The van der Waals surface area contributed by atoms with E-state index in [1.165, 1.54) is 24.0 Å². The Balaban J connectivity index is 1.44. The molecule has 2 saturated heterocycles. The van der Waals surface area contributed by atoms with Gasteiger partial charge >= 0.3 is 0 Å². The molecule has 1 amide bonds. The molecule has 2 aromatic carbocycles. The number of carbonyl (C=O) groups is 1. The maximum absolute atomic E-state index is 11.1. The zero-order valence-electron chi connectivity index (χ0n) is 18.3. The van der Waals surface area contributed by atoms with Gasteiger partial charge in [-0.15, -0.1) is 0 Å². The van der Waals surface area contributed by atoms with Gasteiger partial charge in [-0.25, -0.2) is 0 Å². The molecule has 4 heteroatoms. The highest BCUT2D eigenvalue weighted by Gasteiger charge is 2.55. The molecule has 2 aliphatic rings. The van der Waals surface area contributed by atoms with Crippen LogP contribution in [0.15, 0.2) is 54.6 Å². The molecule has 0 aliphatic carbocycles. The van der Waals surface area contributed by atoms with Gasteiger partial charge in [0.05, 0.1) is 19.1 Å². The highest BCUT2D eigenvalue weighted by molar-refractivity contribution is 5.76. The topological polar surface area (TPSA) is 55.6 Å². The molecule has 2 unspecified atom stereocenters. The summed E-state index contributed by atoms with van der Waals surface area (Å²) < 4.78 is 6.20. The van der Waals surface area contributed by atoms with E-state index in [1.54, 1.807) is 0 Å². The van der Waals surface area contributed by atoms with E-state index in [-0.39, 0.29) is 16.7 Å². The minimum Gasteiger partial charge on any atom is -0.376 e. The average Bonchev–Trinajstić information content (AvgIpc) is 3.11. The van der Waals surface area contributed by atoms with Gasteiger partial charge in [0, 0.05) is 23.9 Å². The zero-order valence-corrected chi connectivity index (χ0v) is 18.3. The summed E-state index contributed by atoms with van der Waals surface area (Å²) in [6.07, 6.45) is 4.09. The van der Waals surface area contributed by atoms with Gasteiger partial charge in [-0.1, -0.05) is 68.4 Å². The van der Waals surface area contributed by atoms with E-state index in [0.29, 0.717) is 12.5 Å². The van der Waals surface area contributed by atoms with Gasteiger partial charge in [0.2, 0.25) is 5.91 Å². The Labute approximate surface area is 180 Å². The molecule has 2 aromatic rings. The first kappa shape index (κ1) is 21.1. The Morgan fingerprint density at radius 2 is 1.77 bits per heavy atom. The fourth-order valence-electron chi connectivity index (χ4n) is 5.43. The van der Waals surface area contributed by atoms with Gasteiger partial charge in [-0.3, -0.25) is 9.69 Å². The minimum absolute atomic E-state index is 0.212. The van der Waals surface area contributed by atoms with Crippen LogP contribution >= 0.6 is 0 Å². The van der Waals surface area contributed by atoms with Crippen LogP contribution in [-0.2, 0) is 28.9 Å². The standard InChI is InChI=1S/C26H34N2O2/c1-25(2)19-30-24(25)26(13-12-20-6-4-3-5-7-20)14-15-28(18-26)17-22-10-8-21(9-11-22)16-23(27)29/h3-11,24H,12-19H2,1-2H3,(H2,27,29). The van der Waals surface area contributed by atoms with E-state index in [0.717, 1.165) is 38.2 Å². The lowest BCUT2D eigenvalue weighted by Gasteiger charge is -2.54. The van der Waals surface area contributed by atoms with Crippen molar-refractivity contribution in [2.45, 2.75) is 52.2 Å². The van der Waals surface area contributed by atoms with E-state index in [1.807, 2.05) is 12.1 Å². The molecule has 0 saturated carbocycles. The van der Waals surface area contributed by atoms with Crippen molar-refractivity contribution in [3.63, 3.8) is 0 Å². The van der Waals surface area contributed by atoms with Crippen LogP contribution in [0.3, 0.4) is 0 Å². The van der Waals surface area contributed by atoms with Crippen molar-refractivity contribution in [3.8, 4) is 0 Å². The number of primary amides is 1. The van der Waals surface area contributed by atoms with E-state index >= 15 is 0 Å². The van der Waals surface area contributed by atoms with Crippen molar-refractivity contribution < 1.29 is 9.53 Å². The zero-order chi connectivity index (χ0) is 21.2. The summed E-state index contributed by atoms with van der Waals surface area (Å²) in [5.41, 5.74) is 9.45. The molecule has 2 atom stereocenters. The molecular formula is C26H34N2O2. The smallest absolute Gasteiger partial charge is 0.221 e. The number of likely N-dealkylation sites (tertiary alicyclic amines) is 1. The van der Waals surface area contributed by atoms with Crippen molar-refractivity contribution in [1.29, 1.82) is 0 Å². The van der Waals surface area contributed by atoms with Crippen molar-refractivity contribution >= 4 is 5.91 Å². The molecule has 0 bridgehead atoms. The second-order valence-electron chi connectivity index (χ2n) is 9.95. The minimum atomic E-state index is -0.284. The van der Waals surface area contributed by atoms with Crippen LogP contribution in [0.4, 0.5) is 0 Å². The second kappa shape index (κ2) is 8.52. The first-order valence-electron chi connectivity index (χ1n) is 11.1. The number of amides is 1. The molecule has 2 N–H and O–H groups in total. The van der Waals surface area contributed by atoms with Gasteiger partial charge in [-0.2, -0.15) is 0 Å². The van der Waals surface area contributed by atoms with Gasteiger partial charge < -0.3 is 10.5 Å². The van der Waals surface area contributed by atoms with Gasteiger partial charge in [0.15, 0.2) is 0 Å². The Morgan fingerprint density at radius 1 is 1.07 bits per heavy atom. The van der Waals surface area contributed by atoms with Gasteiger partial charge in [-0.05, 0) is 42.5 Å². The number of aryl methyl sites for hydroxylation is 1. The Hall–Kier alpha value is -2.17. The lowest BCUT2D eigenvalue weighted by Crippen LogP contribution is -2.58. The van der Waals surface area contributed by atoms with Crippen molar-refractivity contribution in [3.05, 3.63) is 71.3 Å². The number of benzene rings is 2. The summed E-state index contributed by atoms with van der Waals surface area (Å²) >= 11 is 0. The van der Waals surface area contributed by atoms with Crippen LogP contribution in [0, 0.1) is 10.8 Å².